The summed E-state index contributed by atoms with van der Waals surface area (Å²) >= 11 is 0. The van der Waals surface area contributed by atoms with Crippen LogP contribution in [-0.2, 0) is 0 Å². The monoisotopic (exact) mass is 280 g/mol. The highest BCUT2D eigenvalue weighted by molar-refractivity contribution is 6.00. The van der Waals surface area contributed by atoms with E-state index in [0.717, 1.165) is 24.9 Å². The first-order chi connectivity index (χ1) is 10.3. The summed E-state index contributed by atoms with van der Waals surface area (Å²) in [5.74, 6) is 0.785. The number of aromatic nitrogens is 3. The second-order valence-electron chi connectivity index (χ2n) is 5.82. The van der Waals surface area contributed by atoms with Crippen molar-refractivity contribution < 1.29 is 4.79 Å². The Morgan fingerprint density at radius 1 is 1.24 bits per heavy atom. The summed E-state index contributed by atoms with van der Waals surface area (Å²) in [6.45, 7) is 0.892. The summed E-state index contributed by atoms with van der Waals surface area (Å²) in [6.07, 6.45) is 10.1. The van der Waals surface area contributed by atoms with Crippen molar-refractivity contribution in [1.29, 1.82) is 0 Å². The maximum absolute atomic E-state index is 12.9. The second-order valence-corrected chi connectivity index (χ2v) is 5.82. The molecule has 2 atom stereocenters. The molecule has 1 saturated heterocycles. The molecule has 0 spiro atoms. The molecular weight excluding hydrogens is 264 g/mol. The van der Waals surface area contributed by atoms with E-state index in [4.69, 9.17) is 0 Å². The fourth-order valence-corrected chi connectivity index (χ4v) is 3.56. The molecule has 2 bridgehead atoms. The van der Waals surface area contributed by atoms with Crippen LogP contribution in [0.2, 0.25) is 0 Å². The smallest absolute Gasteiger partial charge is 0.256 e. The number of rotatable bonds is 2. The van der Waals surface area contributed by atoms with Crippen molar-refractivity contribution in [3.05, 3.63) is 42.6 Å². The van der Waals surface area contributed by atoms with Gasteiger partial charge in [-0.05, 0) is 37.3 Å². The first kappa shape index (κ1) is 12.4. The Kier molecular flexibility index (Phi) is 2.91. The summed E-state index contributed by atoms with van der Waals surface area (Å²) in [6, 6.07) is 4.08. The summed E-state index contributed by atoms with van der Waals surface area (Å²) in [5, 5.41) is 0. The van der Waals surface area contributed by atoms with E-state index in [-0.39, 0.29) is 5.91 Å². The van der Waals surface area contributed by atoms with E-state index in [1.807, 2.05) is 17.0 Å². The van der Waals surface area contributed by atoms with Gasteiger partial charge in [0.15, 0.2) is 0 Å². The molecule has 2 fully saturated rings. The molecule has 5 nitrogen and oxygen atoms in total. The van der Waals surface area contributed by atoms with Crippen molar-refractivity contribution in [3.8, 4) is 11.3 Å². The third-order valence-electron chi connectivity index (χ3n) is 4.54. The third kappa shape index (κ3) is 2.09. The molecule has 0 aromatic carbocycles. The van der Waals surface area contributed by atoms with Crippen molar-refractivity contribution >= 4 is 5.91 Å². The van der Waals surface area contributed by atoms with Crippen molar-refractivity contribution in [2.24, 2.45) is 5.92 Å². The molecule has 1 aliphatic heterocycles. The minimum absolute atomic E-state index is 0.0918. The number of nitrogens with zero attached hydrogens (tertiary/aromatic N) is 4. The summed E-state index contributed by atoms with van der Waals surface area (Å²) < 4.78 is 0. The number of likely N-dealkylation sites (tertiary alicyclic amines) is 1. The number of carbonyl (C=O) groups excluding carboxylic acids is 1. The quantitative estimate of drug-likeness (QED) is 0.846. The van der Waals surface area contributed by atoms with Crippen LogP contribution in [0.3, 0.4) is 0 Å². The average molecular weight is 280 g/mol. The van der Waals surface area contributed by atoms with Crippen molar-refractivity contribution in [3.63, 3.8) is 0 Å². The molecule has 2 aliphatic rings. The highest BCUT2D eigenvalue weighted by Crippen LogP contribution is 2.38. The van der Waals surface area contributed by atoms with Gasteiger partial charge in [0.1, 0.15) is 6.33 Å². The highest BCUT2D eigenvalue weighted by atomic mass is 16.2. The van der Waals surface area contributed by atoms with Crippen LogP contribution in [0.15, 0.2) is 37.1 Å². The summed E-state index contributed by atoms with van der Waals surface area (Å²) in [5.41, 5.74) is 2.11. The summed E-state index contributed by atoms with van der Waals surface area (Å²) in [7, 11) is 0. The van der Waals surface area contributed by atoms with Gasteiger partial charge < -0.3 is 4.90 Å². The SMILES string of the molecule is O=C(c1cccnc1-c1cncnc1)N1CC2CCC1C2. The van der Waals surface area contributed by atoms with Crippen LogP contribution in [0.25, 0.3) is 11.3 Å². The van der Waals surface area contributed by atoms with Crippen LogP contribution in [0.5, 0.6) is 0 Å². The molecule has 3 heterocycles. The maximum atomic E-state index is 12.9. The Bertz CT molecular complexity index is 673. The lowest BCUT2D eigenvalue weighted by molar-refractivity contribution is 0.0704. The zero-order valence-corrected chi connectivity index (χ0v) is 11.6. The topological polar surface area (TPSA) is 59.0 Å². The largest absolute Gasteiger partial charge is 0.335 e. The summed E-state index contributed by atoms with van der Waals surface area (Å²) in [4.78, 5) is 27.3. The number of fused-ring (bicyclic) bond motifs is 2. The van der Waals surface area contributed by atoms with Gasteiger partial charge in [-0.1, -0.05) is 0 Å². The molecule has 1 aliphatic carbocycles. The van der Waals surface area contributed by atoms with Gasteiger partial charge in [-0.15, -0.1) is 0 Å². The first-order valence-electron chi connectivity index (χ1n) is 7.34. The molecule has 4 rings (SSSR count). The van der Waals surface area contributed by atoms with Gasteiger partial charge in [0, 0.05) is 36.7 Å². The van der Waals surface area contributed by atoms with Gasteiger partial charge in [-0.3, -0.25) is 9.78 Å². The van der Waals surface area contributed by atoms with Gasteiger partial charge in [-0.2, -0.15) is 0 Å². The van der Waals surface area contributed by atoms with Crippen molar-refractivity contribution in [2.75, 3.05) is 6.54 Å². The van der Waals surface area contributed by atoms with Crippen molar-refractivity contribution in [2.45, 2.75) is 25.3 Å². The molecule has 0 radical (unpaired) electrons. The maximum Gasteiger partial charge on any atom is 0.256 e. The Labute approximate surface area is 123 Å². The predicted octanol–water partition coefficient (Wildman–Crippen LogP) is 2.16. The van der Waals surface area contributed by atoms with Crippen LogP contribution < -0.4 is 0 Å². The van der Waals surface area contributed by atoms with E-state index >= 15 is 0 Å². The van der Waals surface area contributed by atoms with E-state index in [1.165, 1.54) is 12.7 Å². The van der Waals surface area contributed by atoms with Crippen LogP contribution in [-0.4, -0.2) is 38.3 Å². The Hall–Kier alpha value is -2.30. The molecule has 1 amide bonds. The standard InChI is InChI=1S/C16H16N4O/c21-16(20-9-11-3-4-13(20)6-11)14-2-1-5-19-15(14)12-7-17-10-18-8-12/h1-2,5,7-8,10-11,13H,3-4,6,9H2. The van der Waals surface area contributed by atoms with Crippen molar-refractivity contribution in [1.82, 2.24) is 19.9 Å². The second kappa shape index (κ2) is 4.91. The van der Waals surface area contributed by atoms with Gasteiger partial charge in [-0.25, -0.2) is 9.97 Å². The Morgan fingerprint density at radius 3 is 2.81 bits per heavy atom. The zero-order chi connectivity index (χ0) is 14.2. The molecule has 2 aromatic heterocycles. The minimum atomic E-state index is 0.0918. The lowest BCUT2D eigenvalue weighted by atomic mass is 10.1. The molecule has 2 unspecified atom stereocenters. The van der Waals surface area contributed by atoms with Crippen LogP contribution in [0.4, 0.5) is 0 Å². The van der Waals surface area contributed by atoms with Crippen LogP contribution in [0, 0.1) is 5.92 Å². The molecule has 21 heavy (non-hydrogen) atoms. The van der Waals surface area contributed by atoms with Crippen LogP contribution in [0.1, 0.15) is 29.6 Å². The lowest BCUT2D eigenvalue weighted by Crippen LogP contribution is -2.37. The fourth-order valence-electron chi connectivity index (χ4n) is 3.56. The molecular formula is C16H16N4O. The van der Waals surface area contributed by atoms with E-state index < -0.39 is 0 Å². The molecule has 106 valence electrons. The van der Waals surface area contributed by atoms with E-state index in [0.29, 0.717) is 23.2 Å². The Morgan fingerprint density at radius 2 is 2.10 bits per heavy atom. The number of hydrogen-bond donors (Lipinski definition) is 0. The normalized spacial score (nSPS) is 23.5. The molecule has 5 heteroatoms. The van der Waals surface area contributed by atoms with Crippen LogP contribution >= 0.6 is 0 Å². The first-order valence-corrected chi connectivity index (χ1v) is 7.34. The Balaban J connectivity index is 1.71. The lowest BCUT2D eigenvalue weighted by Gasteiger charge is -2.27. The van der Waals surface area contributed by atoms with Gasteiger partial charge in [0.2, 0.25) is 0 Å². The van der Waals surface area contributed by atoms with E-state index in [2.05, 4.69) is 15.0 Å². The van der Waals surface area contributed by atoms with E-state index in [9.17, 15) is 4.79 Å². The number of piperidine rings is 1. The average Bonchev–Trinajstić information content (AvgIpc) is 3.18. The number of pyridine rings is 1. The predicted molar refractivity (Wildman–Crippen MR) is 77.4 cm³/mol. The molecule has 2 aromatic rings. The van der Waals surface area contributed by atoms with Gasteiger partial charge in [0.25, 0.3) is 5.91 Å². The number of amides is 1. The van der Waals surface area contributed by atoms with E-state index in [1.54, 1.807) is 18.6 Å². The molecule has 0 N–H and O–H groups in total. The molecule has 1 saturated carbocycles. The minimum Gasteiger partial charge on any atom is -0.335 e. The highest BCUT2D eigenvalue weighted by Gasteiger charge is 2.40. The zero-order valence-electron chi connectivity index (χ0n) is 11.6. The van der Waals surface area contributed by atoms with Gasteiger partial charge >= 0.3 is 0 Å². The fraction of sp³-hybridized carbons (Fsp3) is 0.375. The number of carbonyl (C=O) groups is 1. The third-order valence-corrected chi connectivity index (χ3v) is 4.54. The number of hydrogen-bond acceptors (Lipinski definition) is 4. The van der Waals surface area contributed by atoms with Gasteiger partial charge in [0.05, 0.1) is 11.3 Å².